The number of aryl methyl sites for hydroxylation is 2. The first-order valence-corrected chi connectivity index (χ1v) is 11.7. The van der Waals surface area contributed by atoms with E-state index < -0.39 is 0 Å². The molecule has 2 aromatic heterocycles. The molecular formula is C23H27N5O2S. The smallest absolute Gasteiger partial charge is 0.243 e. The van der Waals surface area contributed by atoms with Gasteiger partial charge in [0.15, 0.2) is 0 Å². The molecule has 1 aliphatic carbocycles. The summed E-state index contributed by atoms with van der Waals surface area (Å²) in [6.07, 6.45) is 6.26. The lowest BCUT2D eigenvalue weighted by Crippen LogP contribution is -2.36. The van der Waals surface area contributed by atoms with Crippen molar-refractivity contribution in [3.05, 3.63) is 41.0 Å². The van der Waals surface area contributed by atoms with Crippen molar-refractivity contribution in [2.24, 2.45) is 0 Å². The maximum Gasteiger partial charge on any atom is 0.243 e. The van der Waals surface area contributed by atoms with Crippen molar-refractivity contribution in [1.82, 2.24) is 9.97 Å². The number of morpholine rings is 1. The van der Waals surface area contributed by atoms with E-state index in [4.69, 9.17) is 4.74 Å². The van der Waals surface area contributed by atoms with E-state index in [2.05, 4.69) is 32.3 Å². The Morgan fingerprint density at radius 1 is 1.16 bits per heavy atom. The fraction of sp³-hybridized carbons (Fsp3) is 0.435. The minimum atomic E-state index is -0.0579. The van der Waals surface area contributed by atoms with Gasteiger partial charge in [-0.15, -0.1) is 11.3 Å². The van der Waals surface area contributed by atoms with Crippen LogP contribution in [0.3, 0.4) is 0 Å². The largest absolute Gasteiger partial charge is 0.378 e. The van der Waals surface area contributed by atoms with Crippen LogP contribution < -0.4 is 15.1 Å². The quantitative estimate of drug-likeness (QED) is 0.659. The number of thiophene rings is 1. The molecule has 3 heterocycles. The number of nitrogens with one attached hydrogen (secondary N) is 1. The zero-order chi connectivity index (χ0) is 21.2. The number of benzene rings is 1. The molecule has 162 valence electrons. The van der Waals surface area contributed by atoms with Gasteiger partial charge in [-0.25, -0.2) is 9.97 Å². The molecule has 1 saturated heterocycles. The highest BCUT2D eigenvalue weighted by Gasteiger charge is 2.22. The number of fused-ring (bicyclic) bond motifs is 3. The zero-order valence-corrected chi connectivity index (χ0v) is 18.6. The van der Waals surface area contributed by atoms with Crippen LogP contribution in [0.5, 0.6) is 0 Å². The molecule has 0 atom stereocenters. The topological polar surface area (TPSA) is 70.6 Å². The Bertz CT molecular complexity index is 1080. The van der Waals surface area contributed by atoms with E-state index in [1.807, 2.05) is 24.1 Å². The minimum absolute atomic E-state index is 0.0579. The molecule has 3 aromatic rings. The van der Waals surface area contributed by atoms with Crippen LogP contribution in [0.4, 0.5) is 17.2 Å². The van der Waals surface area contributed by atoms with Crippen LogP contribution in [-0.2, 0) is 22.4 Å². The van der Waals surface area contributed by atoms with Crippen molar-refractivity contribution in [2.75, 3.05) is 55.0 Å². The van der Waals surface area contributed by atoms with Crippen molar-refractivity contribution in [1.29, 1.82) is 0 Å². The van der Waals surface area contributed by atoms with Crippen LogP contribution in [0, 0.1) is 0 Å². The molecule has 1 amide bonds. The second-order valence-corrected chi connectivity index (χ2v) is 9.22. The number of hydrogen-bond donors (Lipinski definition) is 1. The molecule has 8 heteroatoms. The Balaban J connectivity index is 1.27. The predicted octanol–water partition coefficient (Wildman–Crippen LogP) is 3.48. The van der Waals surface area contributed by atoms with Crippen molar-refractivity contribution < 1.29 is 9.53 Å². The Labute approximate surface area is 186 Å². The van der Waals surface area contributed by atoms with Crippen LogP contribution in [0.15, 0.2) is 30.6 Å². The number of anilines is 3. The maximum atomic E-state index is 12.7. The molecule has 1 aromatic carbocycles. The summed E-state index contributed by atoms with van der Waals surface area (Å²) in [6, 6.07) is 8.02. The van der Waals surface area contributed by atoms with Crippen LogP contribution in [-0.4, -0.2) is 55.8 Å². The van der Waals surface area contributed by atoms with Gasteiger partial charge in [-0.3, -0.25) is 4.79 Å². The summed E-state index contributed by atoms with van der Waals surface area (Å²) in [5.41, 5.74) is 3.34. The van der Waals surface area contributed by atoms with Gasteiger partial charge in [0.1, 0.15) is 17.0 Å². The molecular weight excluding hydrogens is 410 g/mol. The molecule has 0 unspecified atom stereocenters. The van der Waals surface area contributed by atoms with Gasteiger partial charge in [-0.05, 0) is 55.5 Å². The van der Waals surface area contributed by atoms with Crippen molar-refractivity contribution in [3.63, 3.8) is 0 Å². The summed E-state index contributed by atoms with van der Waals surface area (Å²) in [6.45, 7) is 3.55. The first kappa shape index (κ1) is 20.2. The number of amides is 1. The van der Waals surface area contributed by atoms with Gasteiger partial charge in [0, 0.05) is 36.4 Å². The standard InChI is InChI=1S/C23H27N5O2S/c1-27(22-21-18-4-2-3-5-19(18)31-23(21)25-15-24-22)14-20(29)26-16-6-8-17(9-7-16)28-10-12-30-13-11-28/h6-9,15H,2-5,10-14H2,1H3,(H,26,29). The SMILES string of the molecule is CN(CC(=O)Nc1ccc(N2CCOCC2)cc1)c1ncnc2sc3c(c12)CCCC3. The number of ether oxygens (including phenoxy) is 1. The Morgan fingerprint density at radius 3 is 2.74 bits per heavy atom. The molecule has 0 spiro atoms. The molecule has 5 rings (SSSR count). The van der Waals surface area contributed by atoms with Crippen molar-refractivity contribution in [3.8, 4) is 0 Å². The fourth-order valence-corrected chi connectivity index (χ4v) is 5.65. The number of rotatable bonds is 5. The molecule has 0 radical (unpaired) electrons. The summed E-state index contributed by atoms with van der Waals surface area (Å²) < 4.78 is 5.41. The molecule has 1 N–H and O–H groups in total. The highest BCUT2D eigenvalue weighted by Crippen LogP contribution is 2.38. The Morgan fingerprint density at radius 2 is 1.94 bits per heavy atom. The highest BCUT2D eigenvalue weighted by atomic mass is 32.1. The summed E-state index contributed by atoms with van der Waals surface area (Å²) in [4.78, 5) is 28.4. The molecule has 31 heavy (non-hydrogen) atoms. The van der Waals surface area contributed by atoms with Gasteiger partial charge in [0.05, 0.1) is 25.1 Å². The van der Waals surface area contributed by atoms with E-state index in [1.54, 1.807) is 17.7 Å². The van der Waals surface area contributed by atoms with Gasteiger partial charge in [-0.1, -0.05) is 0 Å². The monoisotopic (exact) mass is 437 g/mol. The molecule has 7 nitrogen and oxygen atoms in total. The number of aromatic nitrogens is 2. The number of carbonyl (C=O) groups is 1. The summed E-state index contributed by atoms with van der Waals surface area (Å²) in [5, 5.41) is 4.14. The lowest BCUT2D eigenvalue weighted by molar-refractivity contribution is -0.114. The number of nitrogens with zero attached hydrogens (tertiary/aromatic N) is 4. The zero-order valence-electron chi connectivity index (χ0n) is 17.8. The first-order valence-electron chi connectivity index (χ1n) is 10.9. The van der Waals surface area contributed by atoms with Gasteiger partial charge < -0.3 is 19.9 Å². The molecule has 2 aliphatic rings. The third-order valence-corrected chi connectivity index (χ3v) is 7.20. The van der Waals surface area contributed by atoms with E-state index in [-0.39, 0.29) is 12.5 Å². The molecule has 1 aliphatic heterocycles. The van der Waals surface area contributed by atoms with Gasteiger partial charge >= 0.3 is 0 Å². The second kappa shape index (κ2) is 8.80. The van der Waals surface area contributed by atoms with E-state index in [1.165, 1.54) is 23.3 Å². The lowest BCUT2D eigenvalue weighted by Gasteiger charge is -2.29. The van der Waals surface area contributed by atoms with E-state index >= 15 is 0 Å². The molecule has 1 fully saturated rings. The van der Waals surface area contributed by atoms with Crippen LogP contribution in [0.1, 0.15) is 23.3 Å². The van der Waals surface area contributed by atoms with Crippen molar-refractivity contribution >= 4 is 44.7 Å². The summed E-state index contributed by atoms with van der Waals surface area (Å²) in [5.74, 6) is 0.791. The van der Waals surface area contributed by atoms with Crippen LogP contribution in [0.25, 0.3) is 10.2 Å². The Hall–Kier alpha value is -2.71. The third kappa shape index (κ3) is 4.22. The van der Waals surface area contributed by atoms with Crippen molar-refractivity contribution in [2.45, 2.75) is 25.7 Å². The van der Waals surface area contributed by atoms with Gasteiger partial charge in [-0.2, -0.15) is 0 Å². The maximum absolute atomic E-state index is 12.7. The average Bonchev–Trinajstić information content (AvgIpc) is 3.19. The van der Waals surface area contributed by atoms with E-state index in [0.717, 1.165) is 66.6 Å². The summed E-state index contributed by atoms with van der Waals surface area (Å²) in [7, 11) is 1.93. The van der Waals surface area contributed by atoms with E-state index in [9.17, 15) is 4.79 Å². The average molecular weight is 438 g/mol. The van der Waals surface area contributed by atoms with Crippen LogP contribution >= 0.6 is 11.3 Å². The van der Waals surface area contributed by atoms with Gasteiger partial charge in [0.25, 0.3) is 0 Å². The van der Waals surface area contributed by atoms with E-state index in [0.29, 0.717) is 0 Å². The normalized spacial score (nSPS) is 16.2. The molecule has 0 bridgehead atoms. The second-order valence-electron chi connectivity index (χ2n) is 8.14. The lowest BCUT2D eigenvalue weighted by atomic mass is 9.97. The number of likely N-dealkylation sites (N-methyl/N-ethyl adjacent to an activating group) is 1. The first-order chi connectivity index (χ1) is 15.2. The number of hydrogen-bond acceptors (Lipinski definition) is 7. The highest BCUT2D eigenvalue weighted by molar-refractivity contribution is 7.19. The third-order valence-electron chi connectivity index (χ3n) is 6.00. The number of carbonyl (C=O) groups excluding carboxylic acids is 1. The fourth-order valence-electron chi connectivity index (χ4n) is 4.43. The van der Waals surface area contributed by atoms with Gasteiger partial charge in [0.2, 0.25) is 5.91 Å². The minimum Gasteiger partial charge on any atom is -0.378 e. The van der Waals surface area contributed by atoms with Crippen LogP contribution in [0.2, 0.25) is 0 Å². The predicted molar refractivity (Wildman–Crippen MR) is 125 cm³/mol. The Kier molecular flexibility index (Phi) is 5.74. The summed E-state index contributed by atoms with van der Waals surface area (Å²) >= 11 is 1.78. The molecule has 0 saturated carbocycles.